The molecule has 32 heavy (non-hydrogen) atoms. The molecule has 0 spiro atoms. The molecule has 188 valence electrons. The molecule has 1 amide bonds. The van der Waals surface area contributed by atoms with Crippen molar-refractivity contribution in [1.82, 2.24) is 5.32 Å². The van der Waals surface area contributed by atoms with Crippen LogP contribution < -0.4 is 5.32 Å². The molecule has 0 saturated heterocycles. The maximum Gasteiger partial charge on any atom is 0.407 e. The van der Waals surface area contributed by atoms with Crippen molar-refractivity contribution >= 4 is 12.1 Å². The van der Waals surface area contributed by atoms with Crippen LogP contribution in [0.5, 0.6) is 0 Å². The molecule has 5 nitrogen and oxygen atoms in total. The summed E-state index contributed by atoms with van der Waals surface area (Å²) in [5.74, 6) is -0.410. The number of amides is 1. The van der Waals surface area contributed by atoms with Gasteiger partial charge in [0.05, 0.1) is 13.2 Å². The Kier molecular flexibility index (Phi) is 23.0. The molecular weight excluding hydrogens is 402 g/mol. The lowest BCUT2D eigenvalue weighted by Gasteiger charge is -2.16. The summed E-state index contributed by atoms with van der Waals surface area (Å²) in [5.41, 5.74) is 0. The van der Waals surface area contributed by atoms with Crippen molar-refractivity contribution in [2.24, 2.45) is 0 Å². The first-order chi connectivity index (χ1) is 15.7. The summed E-state index contributed by atoms with van der Waals surface area (Å²) >= 11 is 0. The van der Waals surface area contributed by atoms with Gasteiger partial charge < -0.3 is 14.8 Å². The quantitative estimate of drug-likeness (QED) is 0.0971. The maximum atomic E-state index is 12.3. The van der Waals surface area contributed by atoms with Crippen molar-refractivity contribution in [3.63, 3.8) is 0 Å². The summed E-state index contributed by atoms with van der Waals surface area (Å²) in [6.07, 6.45) is 22.2. The van der Waals surface area contributed by atoms with Crippen LogP contribution in [0.3, 0.4) is 0 Å². The molecule has 0 rings (SSSR count). The third-order valence-corrected chi connectivity index (χ3v) is 5.70. The van der Waals surface area contributed by atoms with Gasteiger partial charge in [-0.1, -0.05) is 116 Å². The fraction of sp³-hybridized carbons (Fsp3) is 0.852. The van der Waals surface area contributed by atoms with Crippen LogP contribution in [-0.2, 0) is 14.3 Å². The lowest BCUT2D eigenvalue weighted by atomic mass is 10.0. The molecule has 0 heterocycles. The number of carbonyl (C=O) groups is 2. The fourth-order valence-electron chi connectivity index (χ4n) is 3.65. The van der Waals surface area contributed by atoms with Crippen LogP contribution in [0.25, 0.3) is 0 Å². The zero-order valence-corrected chi connectivity index (χ0v) is 21.1. The first-order valence-corrected chi connectivity index (χ1v) is 13.4. The van der Waals surface area contributed by atoms with Gasteiger partial charge >= 0.3 is 12.1 Å². The molecule has 0 aromatic heterocycles. The second kappa shape index (κ2) is 24.1. The lowest BCUT2D eigenvalue weighted by Crippen LogP contribution is -2.42. The summed E-state index contributed by atoms with van der Waals surface area (Å²) in [6, 6.07) is -0.724. The highest BCUT2D eigenvalue weighted by Crippen LogP contribution is 2.12. The van der Waals surface area contributed by atoms with E-state index in [0.29, 0.717) is 19.6 Å². The number of esters is 1. The highest BCUT2D eigenvalue weighted by atomic mass is 16.6. The highest BCUT2D eigenvalue weighted by Gasteiger charge is 2.21. The normalized spacial score (nSPS) is 11.7. The Labute approximate surface area is 198 Å². The molecule has 0 aromatic rings. The Morgan fingerprint density at radius 3 is 1.56 bits per heavy atom. The van der Waals surface area contributed by atoms with Crippen molar-refractivity contribution in [1.29, 1.82) is 0 Å². The van der Waals surface area contributed by atoms with E-state index in [9.17, 15) is 9.59 Å². The van der Waals surface area contributed by atoms with Gasteiger partial charge in [0, 0.05) is 0 Å². The molecule has 0 saturated carbocycles. The standard InChI is InChI=1S/C27H51NO4/c1-4-7-9-11-12-13-14-15-16-17-18-19-21-23-31-26(29)25(22-6-3)28-27(30)32-24-20-10-8-5-2/h6,25H,3-5,7-24H2,1-2H3,(H,28,30). The van der Waals surface area contributed by atoms with E-state index in [4.69, 9.17) is 9.47 Å². The molecule has 0 bridgehead atoms. The van der Waals surface area contributed by atoms with Crippen LogP contribution in [0.1, 0.15) is 129 Å². The topological polar surface area (TPSA) is 64.6 Å². The SMILES string of the molecule is C=CCC(NC(=O)OCCCCCC)C(=O)OCCCCCCCCCCCCCCC. The minimum atomic E-state index is -0.724. The number of carbonyl (C=O) groups excluding carboxylic acids is 2. The van der Waals surface area contributed by atoms with E-state index in [1.807, 2.05) is 0 Å². The number of alkyl carbamates (subject to hydrolysis) is 1. The number of unbranched alkanes of at least 4 members (excludes halogenated alkanes) is 15. The summed E-state index contributed by atoms with van der Waals surface area (Å²) in [5, 5.41) is 2.60. The van der Waals surface area contributed by atoms with Gasteiger partial charge in [-0.05, 0) is 19.3 Å². The third-order valence-electron chi connectivity index (χ3n) is 5.70. The van der Waals surface area contributed by atoms with Gasteiger partial charge in [0.2, 0.25) is 0 Å². The van der Waals surface area contributed by atoms with Crippen molar-refractivity contribution < 1.29 is 19.1 Å². The predicted octanol–water partition coefficient (Wildman–Crippen LogP) is 7.87. The second-order valence-electron chi connectivity index (χ2n) is 8.83. The van der Waals surface area contributed by atoms with Gasteiger partial charge in [-0.3, -0.25) is 0 Å². The number of ether oxygens (including phenoxy) is 2. The zero-order valence-electron chi connectivity index (χ0n) is 21.1. The average molecular weight is 454 g/mol. The van der Waals surface area contributed by atoms with E-state index in [0.717, 1.165) is 38.5 Å². The van der Waals surface area contributed by atoms with Gasteiger partial charge in [-0.2, -0.15) is 0 Å². The monoisotopic (exact) mass is 453 g/mol. The Morgan fingerprint density at radius 2 is 1.09 bits per heavy atom. The molecule has 5 heteroatoms. The molecule has 0 fully saturated rings. The van der Waals surface area contributed by atoms with Crippen molar-refractivity contribution in [3.05, 3.63) is 12.7 Å². The first kappa shape index (κ1) is 30.5. The third kappa shape index (κ3) is 20.4. The molecule has 0 aliphatic rings. The second-order valence-corrected chi connectivity index (χ2v) is 8.83. The number of hydrogen-bond acceptors (Lipinski definition) is 4. The number of nitrogens with one attached hydrogen (secondary N) is 1. The summed E-state index contributed by atoms with van der Waals surface area (Å²) in [4.78, 5) is 24.2. The van der Waals surface area contributed by atoms with E-state index < -0.39 is 18.1 Å². The van der Waals surface area contributed by atoms with Gasteiger partial charge in [0.25, 0.3) is 0 Å². The highest BCUT2D eigenvalue weighted by molar-refractivity contribution is 5.81. The van der Waals surface area contributed by atoms with E-state index in [1.54, 1.807) is 6.08 Å². The molecule has 1 N–H and O–H groups in total. The van der Waals surface area contributed by atoms with Crippen LogP contribution in [0.2, 0.25) is 0 Å². The van der Waals surface area contributed by atoms with Gasteiger partial charge in [-0.15, -0.1) is 6.58 Å². The van der Waals surface area contributed by atoms with E-state index in [2.05, 4.69) is 25.7 Å². The van der Waals surface area contributed by atoms with Crippen LogP contribution >= 0.6 is 0 Å². The molecule has 0 aliphatic carbocycles. The largest absolute Gasteiger partial charge is 0.464 e. The number of rotatable bonds is 23. The van der Waals surface area contributed by atoms with Gasteiger partial charge in [0.1, 0.15) is 6.04 Å². The van der Waals surface area contributed by atoms with E-state index in [-0.39, 0.29) is 0 Å². The van der Waals surface area contributed by atoms with E-state index >= 15 is 0 Å². The van der Waals surface area contributed by atoms with Crippen molar-refractivity contribution in [3.8, 4) is 0 Å². The van der Waals surface area contributed by atoms with Crippen LogP contribution in [0.15, 0.2) is 12.7 Å². The van der Waals surface area contributed by atoms with E-state index in [1.165, 1.54) is 70.6 Å². The summed E-state index contributed by atoms with van der Waals surface area (Å²) < 4.78 is 10.5. The lowest BCUT2D eigenvalue weighted by molar-refractivity contribution is -0.146. The summed E-state index contributed by atoms with van der Waals surface area (Å²) in [7, 11) is 0. The average Bonchev–Trinajstić information content (AvgIpc) is 2.78. The maximum absolute atomic E-state index is 12.3. The van der Waals surface area contributed by atoms with Gasteiger partial charge in [-0.25, -0.2) is 9.59 Å². The molecule has 0 radical (unpaired) electrons. The number of hydrogen-bond donors (Lipinski definition) is 1. The Hall–Kier alpha value is -1.52. The Morgan fingerprint density at radius 1 is 0.688 bits per heavy atom. The molecule has 0 aliphatic heterocycles. The molecule has 1 unspecified atom stereocenters. The molecule has 1 atom stereocenters. The van der Waals surface area contributed by atoms with Crippen molar-refractivity contribution in [2.75, 3.05) is 13.2 Å². The Bertz CT molecular complexity index is 453. The predicted molar refractivity (Wildman–Crippen MR) is 134 cm³/mol. The minimum absolute atomic E-state index is 0.336. The molecular formula is C27H51NO4. The van der Waals surface area contributed by atoms with Crippen molar-refractivity contribution in [2.45, 2.75) is 135 Å². The first-order valence-electron chi connectivity index (χ1n) is 13.4. The Balaban J connectivity index is 3.68. The summed E-state index contributed by atoms with van der Waals surface area (Å²) in [6.45, 7) is 8.83. The van der Waals surface area contributed by atoms with Crippen LogP contribution in [-0.4, -0.2) is 31.3 Å². The zero-order chi connectivity index (χ0) is 23.7. The smallest absolute Gasteiger partial charge is 0.407 e. The van der Waals surface area contributed by atoms with Crippen LogP contribution in [0.4, 0.5) is 4.79 Å². The fourth-order valence-corrected chi connectivity index (χ4v) is 3.65. The van der Waals surface area contributed by atoms with Gasteiger partial charge in [0.15, 0.2) is 0 Å². The molecule has 0 aromatic carbocycles. The minimum Gasteiger partial charge on any atom is -0.464 e. The van der Waals surface area contributed by atoms with Crippen LogP contribution in [0, 0.1) is 0 Å².